The second kappa shape index (κ2) is 22.8. The summed E-state index contributed by atoms with van der Waals surface area (Å²) >= 11 is 0. The summed E-state index contributed by atoms with van der Waals surface area (Å²) in [6.45, 7) is 2.82. The number of carboxylic acid groups (broad SMARTS) is 1. The summed E-state index contributed by atoms with van der Waals surface area (Å²) < 4.78 is 5.00. The fourth-order valence-electron chi connectivity index (χ4n) is 2.72. The molecule has 1 rings (SSSR count). The van der Waals surface area contributed by atoms with Crippen molar-refractivity contribution in [3.8, 4) is 5.75 Å². The Balaban J connectivity index is 0.000000792. The molecule has 4 heteroatoms. The van der Waals surface area contributed by atoms with Crippen LogP contribution in [0.4, 0.5) is 0 Å². The number of hydrogen-bond acceptors (Lipinski definition) is 3. The van der Waals surface area contributed by atoms with Crippen LogP contribution in [0.3, 0.4) is 0 Å². The number of carbonyl (C=O) groups is 1. The molecule has 0 aliphatic heterocycles. The van der Waals surface area contributed by atoms with Gasteiger partial charge in [-0.2, -0.15) is 0 Å². The minimum absolute atomic E-state index is 0.567. The molecule has 0 radical (unpaired) electrons. The molecule has 0 aliphatic rings. The number of carboxylic acids is 1. The molecule has 1 aromatic carbocycles. The Labute approximate surface area is 194 Å². The van der Waals surface area contributed by atoms with Crippen molar-refractivity contribution in [1.29, 1.82) is 0 Å². The summed E-state index contributed by atoms with van der Waals surface area (Å²) in [4.78, 5) is 10.2. The Hall–Kier alpha value is -2.85. The van der Waals surface area contributed by atoms with E-state index in [9.17, 15) is 4.79 Å². The molecule has 0 amide bonds. The first kappa shape index (κ1) is 29.1. The van der Waals surface area contributed by atoms with Crippen molar-refractivity contribution in [2.45, 2.75) is 64.8 Å². The van der Waals surface area contributed by atoms with Gasteiger partial charge in [-0.15, -0.1) is 0 Å². The monoisotopic (exact) mass is 439 g/mol. The summed E-state index contributed by atoms with van der Waals surface area (Å²) in [6, 6.07) is 7.74. The van der Waals surface area contributed by atoms with Crippen LogP contribution >= 0.6 is 0 Å². The van der Waals surface area contributed by atoms with Gasteiger partial charge < -0.3 is 15.6 Å². The molecule has 0 fully saturated rings. The summed E-state index contributed by atoms with van der Waals surface area (Å²) in [5, 5.41) is 8.38. The van der Waals surface area contributed by atoms with Crippen LogP contribution < -0.4 is 10.5 Å². The van der Waals surface area contributed by atoms with Crippen molar-refractivity contribution in [2.75, 3.05) is 7.11 Å². The number of hydrogen-bond donors (Lipinski definition) is 2. The normalized spacial score (nSPS) is 11.7. The number of nitrogens with two attached hydrogens (primary N) is 1. The Kier molecular flexibility index (Phi) is 20.8. The second-order valence-corrected chi connectivity index (χ2v) is 7.25. The molecule has 0 unspecified atom stereocenters. The Morgan fingerprint density at radius 3 is 2.09 bits per heavy atom. The van der Waals surface area contributed by atoms with Crippen LogP contribution in [0.1, 0.15) is 63.9 Å². The number of methoxy groups -OCH3 is 1. The van der Waals surface area contributed by atoms with Crippen molar-refractivity contribution in [2.24, 2.45) is 5.73 Å². The van der Waals surface area contributed by atoms with E-state index in [4.69, 9.17) is 15.6 Å². The number of unbranched alkanes of at least 4 members (excludes halogenated alkanes) is 7. The molecule has 0 heterocycles. The van der Waals surface area contributed by atoms with Gasteiger partial charge in [0, 0.05) is 12.6 Å². The molecule has 0 atom stereocenters. The Morgan fingerprint density at radius 2 is 1.50 bits per heavy atom. The third-order valence-corrected chi connectivity index (χ3v) is 4.50. The zero-order valence-corrected chi connectivity index (χ0v) is 19.8. The minimum Gasteiger partial charge on any atom is -0.497 e. The highest BCUT2D eigenvalue weighted by atomic mass is 16.5. The first-order valence-electron chi connectivity index (χ1n) is 11.5. The van der Waals surface area contributed by atoms with Crippen LogP contribution in [0.2, 0.25) is 0 Å². The number of allylic oxidation sites excluding steroid dienone is 9. The molecule has 0 bridgehead atoms. The van der Waals surface area contributed by atoms with E-state index in [2.05, 4.69) is 19.1 Å². The third-order valence-electron chi connectivity index (χ3n) is 4.50. The van der Waals surface area contributed by atoms with Crippen LogP contribution in [-0.4, -0.2) is 18.2 Å². The molecule has 0 aliphatic carbocycles. The first-order chi connectivity index (χ1) is 15.6. The zero-order chi connectivity index (χ0) is 23.7. The Bertz CT molecular complexity index is 711. The van der Waals surface area contributed by atoms with Gasteiger partial charge in [-0.25, -0.2) is 4.79 Å². The lowest BCUT2D eigenvalue weighted by Gasteiger charge is -2.00. The predicted octanol–water partition coefficient (Wildman–Crippen LogP) is 7.15. The maximum absolute atomic E-state index is 10.2. The molecule has 0 aromatic heterocycles. The van der Waals surface area contributed by atoms with E-state index in [0.29, 0.717) is 6.54 Å². The topological polar surface area (TPSA) is 72.5 Å². The van der Waals surface area contributed by atoms with Crippen LogP contribution in [0.25, 0.3) is 0 Å². The highest BCUT2D eigenvalue weighted by Crippen LogP contribution is 2.11. The van der Waals surface area contributed by atoms with Gasteiger partial charge in [0.15, 0.2) is 0 Å². The molecule has 3 N–H and O–H groups in total. The maximum atomic E-state index is 10.2. The summed E-state index contributed by atoms with van der Waals surface area (Å²) in [5.74, 6) is -0.0671. The summed E-state index contributed by atoms with van der Waals surface area (Å²) in [6.07, 6.45) is 28.8. The van der Waals surface area contributed by atoms with Crippen LogP contribution in [0.15, 0.2) is 85.0 Å². The molecule has 32 heavy (non-hydrogen) atoms. The largest absolute Gasteiger partial charge is 0.497 e. The van der Waals surface area contributed by atoms with Crippen LogP contribution in [0.5, 0.6) is 5.75 Å². The smallest absolute Gasteiger partial charge is 0.328 e. The van der Waals surface area contributed by atoms with Crippen LogP contribution in [-0.2, 0) is 11.3 Å². The van der Waals surface area contributed by atoms with Gasteiger partial charge in [0.25, 0.3) is 0 Å². The fraction of sp³-hybridized carbons (Fsp3) is 0.393. The van der Waals surface area contributed by atoms with E-state index in [1.807, 2.05) is 48.6 Å². The Morgan fingerprint density at radius 1 is 0.906 bits per heavy atom. The molecule has 176 valence electrons. The molecular formula is C28H41NO3. The average molecular weight is 440 g/mol. The summed E-state index contributed by atoms with van der Waals surface area (Å²) in [5.41, 5.74) is 6.51. The van der Waals surface area contributed by atoms with Crippen molar-refractivity contribution in [1.82, 2.24) is 0 Å². The van der Waals surface area contributed by atoms with Crippen molar-refractivity contribution in [3.63, 3.8) is 0 Å². The lowest BCUT2D eigenvalue weighted by molar-refractivity contribution is -0.131. The predicted molar refractivity (Wildman–Crippen MR) is 137 cm³/mol. The van der Waals surface area contributed by atoms with Gasteiger partial charge >= 0.3 is 5.97 Å². The molecule has 0 saturated carbocycles. The molecule has 1 aromatic rings. The lowest BCUT2D eigenvalue weighted by atomic mass is 10.1. The highest BCUT2D eigenvalue weighted by Gasteiger charge is 1.91. The van der Waals surface area contributed by atoms with Crippen LogP contribution in [0, 0.1) is 0 Å². The SMILES string of the molecule is CCCCCCCCCC=CC=CC=CC=CC=CC(=O)O.COc1cccc(CN)c1. The maximum Gasteiger partial charge on any atom is 0.328 e. The minimum atomic E-state index is -0.931. The molecule has 0 saturated heterocycles. The average Bonchev–Trinajstić information content (AvgIpc) is 2.81. The lowest BCUT2D eigenvalue weighted by Crippen LogP contribution is -1.95. The molecular weight excluding hydrogens is 398 g/mol. The van der Waals surface area contributed by atoms with E-state index >= 15 is 0 Å². The molecule has 0 spiro atoms. The van der Waals surface area contributed by atoms with Crippen molar-refractivity contribution >= 4 is 5.97 Å². The number of aliphatic carboxylic acids is 1. The quantitative estimate of drug-likeness (QED) is 0.173. The van der Waals surface area contributed by atoms with Crippen molar-refractivity contribution < 1.29 is 14.6 Å². The van der Waals surface area contributed by atoms with Gasteiger partial charge in [0.05, 0.1) is 7.11 Å². The number of benzene rings is 1. The van der Waals surface area contributed by atoms with Crippen molar-refractivity contribution in [3.05, 3.63) is 90.6 Å². The van der Waals surface area contributed by atoms with Gasteiger partial charge in [-0.1, -0.05) is 112 Å². The van der Waals surface area contributed by atoms with Gasteiger partial charge in [-0.3, -0.25) is 0 Å². The second-order valence-electron chi connectivity index (χ2n) is 7.25. The zero-order valence-electron chi connectivity index (χ0n) is 19.8. The third kappa shape index (κ3) is 20.4. The number of ether oxygens (including phenoxy) is 1. The first-order valence-corrected chi connectivity index (χ1v) is 11.5. The molecule has 4 nitrogen and oxygen atoms in total. The summed E-state index contributed by atoms with van der Waals surface area (Å²) in [7, 11) is 1.65. The highest BCUT2D eigenvalue weighted by molar-refractivity contribution is 5.80. The van der Waals surface area contributed by atoms with Gasteiger partial charge in [0.1, 0.15) is 5.75 Å². The standard InChI is InChI=1S/C20H30O2.C8H11NO/c1-2-3-4-5-6-7-8-9-10-11-12-13-14-15-16-17-18-19-20(21)22;1-10-8-4-2-3-7(5-8)6-9/h10-19H,2-9H2,1H3,(H,21,22);2-5H,6,9H2,1H3. The number of rotatable bonds is 15. The van der Waals surface area contributed by atoms with E-state index in [-0.39, 0.29) is 0 Å². The van der Waals surface area contributed by atoms with Gasteiger partial charge in [0.2, 0.25) is 0 Å². The van der Waals surface area contributed by atoms with E-state index < -0.39 is 5.97 Å². The van der Waals surface area contributed by atoms with Gasteiger partial charge in [-0.05, 0) is 30.5 Å². The fourth-order valence-corrected chi connectivity index (χ4v) is 2.72. The van der Waals surface area contributed by atoms with E-state index in [1.165, 1.54) is 51.0 Å². The van der Waals surface area contributed by atoms with E-state index in [1.54, 1.807) is 19.3 Å². The van der Waals surface area contributed by atoms with E-state index in [0.717, 1.165) is 23.8 Å².